The van der Waals surface area contributed by atoms with Gasteiger partial charge in [0.25, 0.3) is 0 Å². The Hall–Kier alpha value is -2.57. The number of hydrogen-bond acceptors (Lipinski definition) is 3. The zero-order valence-corrected chi connectivity index (χ0v) is 12.1. The molecule has 1 atom stereocenters. The van der Waals surface area contributed by atoms with Crippen LogP contribution in [0.4, 0.5) is 4.79 Å². The molecular weight excluding hydrogens is 284 g/mol. The van der Waals surface area contributed by atoms with Crippen molar-refractivity contribution in [1.29, 1.82) is 0 Å². The van der Waals surface area contributed by atoms with Crippen molar-refractivity contribution >= 4 is 17.6 Å². The molecule has 7 heteroatoms. The zero-order chi connectivity index (χ0) is 15.5. The third-order valence-corrected chi connectivity index (χ3v) is 3.89. The van der Waals surface area contributed by atoms with Crippen LogP contribution in [-0.2, 0) is 11.3 Å². The Morgan fingerprint density at radius 2 is 2.27 bits per heavy atom. The second kappa shape index (κ2) is 6.05. The fraction of sp³-hybridized carbons (Fsp3) is 0.400. The number of piperidine rings is 1. The number of fused-ring (bicyclic) bond motifs is 1. The topological polar surface area (TPSA) is 86.9 Å². The standard InChI is InChI=1S/C15H18N4O3/c20-14(21)11-4-3-7-19(9-11)15(22)16-8-12-10-18-6-2-1-5-13(18)17-12/h1-2,5-6,10-11H,3-4,7-9H2,(H,16,22)(H,20,21). The summed E-state index contributed by atoms with van der Waals surface area (Å²) in [5.41, 5.74) is 1.60. The van der Waals surface area contributed by atoms with Crippen LogP contribution < -0.4 is 5.32 Å². The number of nitrogens with zero attached hydrogens (tertiary/aromatic N) is 3. The molecule has 0 aliphatic carbocycles. The number of carboxylic acid groups (broad SMARTS) is 1. The summed E-state index contributed by atoms with van der Waals surface area (Å²) in [6.07, 6.45) is 5.12. The average Bonchev–Trinajstić information content (AvgIpc) is 2.95. The predicted octanol–water partition coefficient (Wildman–Crippen LogP) is 1.34. The summed E-state index contributed by atoms with van der Waals surface area (Å²) < 4.78 is 1.89. The highest BCUT2D eigenvalue weighted by atomic mass is 16.4. The van der Waals surface area contributed by atoms with Gasteiger partial charge >= 0.3 is 12.0 Å². The Labute approximate surface area is 127 Å². The molecule has 2 aromatic heterocycles. The molecule has 22 heavy (non-hydrogen) atoms. The van der Waals surface area contributed by atoms with Gasteiger partial charge in [-0.3, -0.25) is 4.79 Å². The monoisotopic (exact) mass is 302 g/mol. The summed E-state index contributed by atoms with van der Waals surface area (Å²) >= 11 is 0. The van der Waals surface area contributed by atoms with Crippen LogP contribution in [0.15, 0.2) is 30.6 Å². The number of carboxylic acids is 1. The zero-order valence-electron chi connectivity index (χ0n) is 12.1. The Kier molecular flexibility index (Phi) is 3.95. The maximum absolute atomic E-state index is 12.1. The Bertz CT molecular complexity index is 664. The van der Waals surface area contributed by atoms with Crippen molar-refractivity contribution in [3.05, 3.63) is 36.3 Å². The third-order valence-electron chi connectivity index (χ3n) is 3.89. The van der Waals surface area contributed by atoms with E-state index < -0.39 is 11.9 Å². The van der Waals surface area contributed by atoms with E-state index in [0.717, 1.165) is 17.8 Å². The second-order valence-corrected chi connectivity index (χ2v) is 5.48. The molecule has 0 bridgehead atoms. The summed E-state index contributed by atoms with van der Waals surface area (Å²) in [6.45, 7) is 1.20. The number of rotatable bonds is 3. The molecule has 3 heterocycles. The minimum atomic E-state index is -0.835. The molecule has 1 unspecified atom stereocenters. The summed E-state index contributed by atoms with van der Waals surface area (Å²) in [7, 11) is 0. The number of amides is 2. The molecule has 2 N–H and O–H groups in total. The van der Waals surface area contributed by atoms with E-state index in [1.807, 2.05) is 35.0 Å². The van der Waals surface area contributed by atoms with Gasteiger partial charge in [-0.05, 0) is 25.0 Å². The lowest BCUT2D eigenvalue weighted by atomic mass is 9.99. The number of carbonyl (C=O) groups excluding carboxylic acids is 1. The SMILES string of the molecule is O=C(O)C1CCCN(C(=O)NCc2cn3ccccc3n2)C1. The minimum absolute atomic E-state index is 0.233. The van der Waals surface area contributed by atoms with Crippen molar-refractivity contribution < 1.29 is 14.7 Å². The van der Waals surface area contributed by atoms with Gasteiger partial charge in [0.05, 0.1) is 18.2 Å². The molecule has 1 aliphatic rings. The van der Waals surface area contributed by atoms with Gasteiger partial charge in [0.15, 0.2) is 0 Å². The fourth-order valence-corrected chi connectivity index (χ4v) is 2.71. The first-order valence-corrected chi connectivity index (χ1v) is 7.31. The molecule has 7 nitrogen and oxygen atoms in total. The van der Waals surface area contributed by atoms with Crippen LogP contribution in [0.25, 0.3) is 5.65 Å². The van der Waals surface area contributed by atoms with E-state index in [9.17, 15) is 9.59 Å². The Balaban J connectivity index is 1.58. The maximum atomic E-state index is 12.1. The molecule has 116 valence electrons. The van der Waals surface area contributed by atoms with Crippen LogP contribution >= 0.6 is 0 Å². The van der Waals surface area contributed by atoms with Crippen LogP contribution in [0.3, 0.4) is 0 Å². The molecule has 1 fully saturated rings. The maximum Gasteiger partial charge on any atom is 0.317 e. The fourth-order valence-electron chi connectivity index (χ4n) is 2.71. The number of hydrogen-bond donors (Lipinski definition) is 2. The largest absolute Gasteiger partial charge is 0.481 e. The Morgan fingerprint density at radius 1 is 1.41 bits per heavy atom. The van der Waals surface area contributed by atoms with Gasteiger partial charge < -0.3 is 19.7 Å². The van der Waals surface area contributed by atoms with E-state index in [1.54, 1.807) is 4.90 Å². The first-order valence-electron chi connectivity index (χ1n) is 7.31. The highest BCUT2D eigenvalue weighted by Gasteiger charge is 2.27. The number of likely N-dealkylation sites (tertiary alicyclic amines) is 1. The van der Waals surface area contributed by atoms with Gasteiger partial charge in [0.1, 0.15) is 5.65 Å². The van der Waals surface area contributed by atoms with Gasteiger partial charge in [-0.15, -0.1) is 0 Å². The normalized spacial score (nSPS) is 18.4. The summed E-state index contributed by atoms with van der Waals surface area (Å²) in [4.78, 5) is 29.1. The third kappa shape index (κ3) is 3.03. The number of carbonyl (C=O) groups is 2. The molecule has 1 aliphatic heterocycles. The van der Waals surface area contributed by atoms with Crippen molar-refractivity contribution in [2.75, 3.05) is 13.1 Å². The second-order valence-electron chi connectivity index (χ2n) is 5.48. The van der Waals surface area contributed by atoms with Crippen molar-refractivity contribution in [2.24, 2.45) is 5.92 Å². The summed E-state index contributed by atoms with van der Waals surface area (Å²) in [6, 6.07) is 5.48. The molecule has 0 spiro atoms. The van der Waals surface area contributed by atoms with Crippen molar-refractivity contribution in [3.8, 4) is 0 Å². The van der Waals surface area contributed by atoms with Crippen LogP contribution in [0, 0.1) is 5.92 Å². The summed E-state index contributed by atoms with van der Waals surface area (Å²) in [5, 5.41) is 11.9. The van der Waals surface area contributed by atoms with E-state index in [1.165, 1.54) is 0 Å². The number of nitrogens with one attached hydrogen (secondary N) is 1. The van der Waals surface area contributed by atoms with Crippen molar-refractivity contribution in [1.82, 2.24) is 19.6 Å². The highest BCUT2D eigenvalue weighted by Crippen LogP contribution is 2.16. The number of pyridine rings is 1. The molecule has 0 saturated carbocycles. The lowest BCUT2D eigenvalue weighted by Gasteiger charge is -2.30. The van der Waals surface area contributed by atoms with Gasteiger partial charge in [0.2, 0.25) is 0 Å². The van der Waals surface area contributed by atoms with Gasteiger partial charge in [-0.1, -0.05) is 6.07 Å². The predicted molar refractivity (Wildman–Crippen MR) is 79.4 cm³/mol. The minimum Gasteiger partial charge on any atom is -0.481 e. The van der Waals surface area contributed by atoms with Gasteiger partial charge in [-0.25, -0.2) is 9.78 Å². The van der Waals surface area contributed by atoms with Crippen molar-refractivity contribution in [3.63, 3.8) is 0 Å². The smallest absolute Gasteiger partial charge is 0.317 e. The van der Waals surface area contributed by atoms with Crippen LogP contribution in [0.1, 0.15) is 18.5 Å². The average molecular weight is 302 g/mol. The van der Waals surface area contributed by atoms with E-state index >= 15 is 0 Å². The Morgan fingerprint density at radius 3 is 3.05 bits per heavy atom. The molecule has 1 saturated heterocycles. The van der Waals surface area contributed by atoms with E-state index in [2.05, 4.69) is 10.3 Å². The quantitative estimate of drug-likeness (QED) is 0.895. The first kappa shape index (κ1) is 14.4. The van der Waals surface area contributed by atoms with E-state index in [-0.39, 0.29) is 12.6 Å². The van der Waals surface area contributed by atoms with Gasteiger partial charge in [0, 0.05) is 25.5 Å². The van der Waals surface area contributed by atoms with Crippen LogP contribution in [0.5, 0.6) is 0 Å². The number of aliphatic carboxylic acids is 1. The lowest BCUT2D eigenvalue weighted by Crippen LogP contribution is -2.46. The number of imidazole rings is 1. The molecule has 0 aromatic carbocycles. The van der Waals surface area contributed by atoms with E-state index in [4.69, 9.17) is 5.11 Å². The lowest BCUT2D eigenvalue weighted by molar-refractivity contribution is -0.143. The molecule has 3 rings (SSSR count). The highest BCUT2D eigenvalue weighted by molar-refractivity contribution is 5.76. The van der Waals surface area contributed by atoms with E-state index in [0.29, 0.717) is 19.5 Å². The molecule has 0 radical (unpaired) electrons. The molecule has 2 amide bonds. The summed E-state index contributed by atoms with van der Waals surface area (Å²) in [5.74, 6) is -1.30. The van der Waals surface area contributed by atoms with Crippen molar-refractivity contribution in [2.45, 2.75) is 19.4 Å². The van der Waals surface area contributed by atoms with Crippen LogP contribution in [-0.4, -0.2) is 44.5 Å². The number of urea groups is 1. The molecular formula is C15H18N4O3. The first-order chi connectivity index (χ1) is 10.6. The number of aromatic nitrogens is 2. The van der Waals surface area contributed by atoms with Gasteiger partial charge in [-0.2, -0.15) is 0 Å². The van der Waals surface area contributed by atoms with Crippen LogP contribution in [0.2, 0.25) is 0 Å². The molecule has 2 aromatic rings.